The van der Waals surface area contributed by atoms with E-state index >= 15 is 0 Å². The maximum Gasteiger partial charge on any atom is 0.426 e. The smallest absolute Gasteiger partial charge is 0.426 e. The molecule has 0 atom stereocenters. The van der Waals surface area contributed by atoms with Crippen LogP contribution < -0.4 is 32.8 Å². The van der Waals surface area contributed by atoms with Gasteiger partial charge in [0, 0.05) is 44.1 Å². The maximum absolute atomic E-state index is 11.9. The maximum atomic E-state index is 11.9. The molecule has 0 bridgehead atoms. The molecule has 0 aliphatic heterocycles. The number of amides is 3. The van der Waals surface area contributed by atoms with Crippen molar-refractivity contribution < 1.29 is 28.6 Å². The summed E-state index contributed by atoms with van der Waals surface area (Å²) < 4.78 is 14.8. The number of hydrogen-bond acceptors (Lipinski definition) is 9. The van der Waals surface area contributed by atoms with E-state index in [0.717, 1.165) is 0 Å². The van der Waals surface area contributed by atoms with E-state index < -0.39 is 11.7 Å². The summed E-state index contributed by atoms with van der Waals surface area (Å²) in [4.78, 5) is 35.0. The van der Waals surface area contributed by atoms with Gasteiger partial charge in [0.1, 0.15) is 5.60 Å². The predicted molar refractivity (Wildman–Crippen MR) is 142 cm³/mol. The van der Waals surface area contributed by atoms with Crippen molar-refractivity contribution in [3.05, 3.63) is 59.7 Å². The van der Waals surface area contributed by atoms with Crippen molar-refractivity contribution in [3.63, 3.8) is 0 Å². The van der Waals surface area contributed by atoms with Crippen molar-refractivity contribution in [1.29, 1.82) is 0 Å². The Morgan fingerprint density at radius 2 is 1.30 bits per heavy atom. The topological polar surface area (TPSA) is 165 Å². The second-order valence-electron chi connectivity index (χ2n) is 8.56. The summed E-state index contributed by atoms with van der Waals surface area (Å²) in [7, 11) is 3.16. The number of nitrogens with one attached hydrogen (secondary N) is 5. The number of benzene rings is 2. The molecule has 0 fully saturated rings. The third-order valence-corrected chi connectivity index (χ3v) is 4.31. The summed E-state index contributed by atoms with van der Waals surface area (Å²) in [5.41, 5.74) is 9.35. The van der Waals surface area contributed by atoms with Gasteiger partial charge in [0.15, 0.2) is 0 Å². The highest BCUT2D eigenvalue weighted by atomic mass is 16.6. The third kappa shape index (κ3) is 13.7. The molecule has 0 unspecified atom stereocenters. The quantitative estimate of drug-likeness (QED) is 0.149. The zero-order chi connectivity index (χ0) is 27.7. The minimum absolute atomic E-state index is 0.135. The highest BCUT2D eigenvalue weighted by Crippen LogP contribution is 2.11. The van der Waals surface area contributed by atoms with Crippen LogP contribution in [0.15, 0.2) is 48.5 Å². The van der Waals surface area contributed by atoms with E-state index in [1.807, 2.05) is 0 Å². The number of carbonyl (C=O) groups excluding carboxylic acids is 3. The number of anilines is 2. The Morgan fingerprint density at radius 3 is 1.76 bits per heavy atom. The first-order chi connectivity index (χ1) is 17.6. The fourth-order valence-electron chi connectivity index (χ4n) is 2.65. The molecule has 37 heavy (non-hydrogen) atoms. The molecule has 2 aromatic carbocycles. The largest absolute Gasteiger partial charge is 0.443 e. The van der Waals surface area contributed by atoms with E-state index in [0.29, 0.717) is 48.8 Å². The average molecular weight is 519 g/mol. The second-order valence-corrected chi connectivity index (χ2v) is 8.56. The molecule has 2 aromatic rings. The Bertz CT molecular complexity index is 996. The minimum atomic E-state index is -0.595. The van der Waals surface area contributed by atoms with Crippen molar-refractivity contribution >= 4 is 29.3 Å². The predicted octanol–water partition coefficient (Wildman–Crippen LogP) is 2.26. The molecule has 3 amide bonds. The van der Waals surface area contributed by atoms with Gasteiger partial charge in [-0.3, -0.25) is 20.9 Å². The van der Waals surface area contributed by atoms with E-state index in [2.05, 4.69) is 26.9 Å². The Morgan fingerprint density at radius 1 is 0.811 bits per heavy atom. The Kier molecular flexibility index (Phi) is 14.1. The summed E-state index contributed by atoms with van der Waals surface area (Å²) in [6.07, 6.45) is -0.595. The lowest BCUT2D eigenvalue weighted by Crippen LogP contribution is -2.35. The number of hydrogen-bond donors (Lipinski definition) is 6. The third-order valence-electron chi connectivity index (χ3n) is 4.31. The van der Waals surface area contributed by atoms with Gasteiger partial charge in [-0.05, 0) is 57.2 Å². The van der Waals surface area contributed by atoms with Crippen LogP contribution in [-0.2, 0) is 14.2 Å². The van der Waals surface area contributed by atoms with Crippen molar-refractivity contribution in [2.24, 2.45) is 5.84 Å². The molecule has 12 nitrogen and oxygen atoms in total. The van der Waals surface area contributed by atoms with Crippen LogP contribution in [0.4, 0.5) is 16.2 Å². The fraction of sp³-hybridized carbons (Fsp3) is 0.400. The Balaban J connectivity index is 0.000000397. The minimum Gasteiger partial charge on any atom is -0.443 e. The van der Waals surface area contributed by atoms with Crippen LogP contribution in [0.1, 0.15) is 41.5 Å². The molecule has 0 aliphatic rings. The molecule has 0 aromatic heterocycles. The number of nitrogens with two attached hydrogens (primary N) is 1. The number of ether oxygens (including phenoxy) is 3. The molecule has 7 N–H and O–H groups in total. The zero-order valence-electron chi connectivity index (χ0n) is 22.0. The molecule has 0 aliphatic carbocycles. The summed E-state index contributed by atoms with van der Waals surface area (Å²) in [5.74, 6) is 4.89. The van der Waals surface area contributed by atoms with Crippen LogP contribution in [0, 0.1) is 0 Å². The molecule has 12 heteroatoms. The molecule has 0 spiro atoms. The monoisotopic (exact) mass is 518 g/mol. The van der Waals surface area contributed by atoms with Gasteiger partial charge in [-0.1, -0.05) is 12.1 Å². The number of carbonyl (C=O) groups is 3. The first-order valence-corrected chi connectivity index (χ1v) is 11.6. The van der Waals surface area contributed by atoms with E-state index in [9.17, 15) is 14.4 Å². The first-order valence-electron chi connectivity index (χ1n) is 11.6. The fourth-order valence-corrected chi connectivity index (χ4v) is 2.65. The number of rotatable bonds is 11. The summed E-state index contributed by atoms with van der Waals surface area (Å²) in [5, 5.41) is 5.44. The number of nitrogen functional groups attached to an aromatic ring is 1. The second kappa shape index (κ2) is 16.7. The molecule has 0 saturated heterocycles. The average Bonchev–Trinajstić information content (AvgIpc) is 2.87. The van der Waals surface area contributed by atoms with Gasteiger partial charge < -0.3 is 30.3 Å². The summed E-state index contributed by atoms with van der Waals surface area (Å²) in [6, 6.07) is 13.7. The van der Waals surface area contributed by atoms with Gasteiger partial charge >= 0.3 is 6.09 Å². The molecular formula is C25H38N6O6. The van der Waals surface area contributed by atoms with Crippen LogP contribution >= 0.6 is 0 Å². The molecule has 0 radical (unpaired) electrons. The van der Waals surface area contributed by atoms with Crippen molar-refractivity contribution in [2.75, 3.05) is 51.4 Å². The van der Waals surface area contributed by atoms with Crippen LogP contribution in [-0.4, -0.2) is 64.0 Å². The van der Waals surface area contributed by atoms with Gasteiger partial charge in [-0.2, -0.15) is 0 Å². The van der Waals surface area contributed by atoms with Gasteiger partial charge in [0.25, 0.3) is 11.8 Å². The SMILES string of the molecule is COCCNC(=O)c1cccc(NN)c1.COCCNC(=O)c1cccc(NNC(=O)OC(C)(C)C)c1. The number of methoxy groups -OCH3 is 2. The molecular weight excluding hydrogens is 480 g/mol. The van der Waals surface area contributed by atoms with Crippen LogP contribution in [0.25, 0.3) is 0 Å². The van der Waals surface area contributed by atoms with E-state index in [4.69, 9.17) is 20.1 Å². The normalized spacial score (nSPS) is 10.3. The summed E-state index contributed by atoms with van der Waals surface area (Å²) >= 11 is 0. The van der Waals surface area contributed by atoms with Crippen LogP contribution in [0.5, 0.6) is 0 Å². The highest BCUT2D eigenvalue weighted by Gasteiger charge is 2.15. The Labute approximate surface area is 217 Å². The number of hydrazine groups is 2. The molecule has 204 valence electrons. The van der Waals surface area contributed by atoms with Crippen molar-refractivity contribution in [3.8, 4) is 0 Å². The van der Waals surface area contributed by atoms with Gasteiger partial charge in [-0.25, -0.2) is 10.2 Å². The lowest BCUT2D eigenvalue weighted by Gasteiger charge is -2.20. The summed E-state index contributed by atoms with van der Waals surface area (Å²) in [6.45, 7) is 7.20. The van der Waals surface area contributed by atoms with E-state index in [-0.39, 0.29) is 11.8 Å². The molecule has 0 heterocycles. The molecule has 2 rings (SSSR count). The van der Waals surface area contributed by atoms with Crippen molar-refractivity contribution in [2.45, 2.75) is 26.4 Å². The first kappa shape index (κ1) is 31.2. The van der Waals surface area contributed by atoms with Crippen molar-refractivity contribution in [1.82, 2.24) is 16.1 Å². The molecule has 0 saturated carbocycles. The highest BCUT2D eigenvalue weighted by molar-refractivity contribution is 5.95. The van der Waals surface area contributed by atoms with Crippen LogP contribution in [0.2, 0.25) is 0 Å². The lowest BCUT2D eigenvalue weighted by molar-refractivity contribution is 0.0540. The van der Waals surface area contributed by atoms with Gasteiger partial charge in [-0.15, -0.1) is 0 Å². The van der Waals surface area contributed by atoms with E-state index in [1.165, 1.54) is 0 Å². The Hall–Kier alpha value is -3.87. The zero-order valence-corrected chi connectivity index (χ0v) is 22.0. The van der Waals surface area contributed by atoms with Crippen LogP contribution in [0.3, 0.4) is 0 Å². The van der Waals surface area contributed by atoms with E-state index in [1.54, 1.807) is 83.5 Å². The van der Waals surface area contributed by atoms with Gasteiger partial charge in [0.05, 0.1) is 18.9 Å². The lowest BCUT2D eigenvalue weighted by atomic mass is 10.2. The standard InChI is InChI=1S/C15H23N3O4.C10H15N3O2/c1-15(2,3)22-14(20)18-17-12-7-5-6-11(10-12)13(19)16-8-9-21-4;1-15-6-5-12-10(14)8-3-2-4-9(7-8)13-11/h5-7,10,17H,8-9H2,1-4H3,(H,16,19)(H,18,20);2-4,7,13H,5-6,11H2,1H3,(H,12,14). The van der Waals surface area contributed by atoms with Gasteiger partial charge in [0.2, 0.25) is 0 Å².